The molecule has 0 aliphatic carbocycles. The third-order valence-electron chi connectivity index (χ3n) is 4.70. The molecule has 2 aromatic carbocycles. The highest BCUT2D eigenvalue weighted by Gasteiger charge is 2.16. The number of nitrogens with zero attached hydrogens (tertiary/aromatic N) is 7. The van der Waals surface area contributed by atoms with Crippen LogP contribution in [0, 0.1) is 0 Å². The number of halogens is 1. The van der Waals surface area contributed by atoms with E-state index in [1.165, 1.54) is 15.6 Å². The molecule has 5 aromatic rings. The molecule has 3 heterocycles. The van der Waals surface area contributed by atoms with Gasteiger partial charge in [0, 0.05) is 10.0 Å². The Morgan fingerprint density at radius 2 is 1.88 bits per heavy atom. The molecule has 0 saturated carbocycles. The fraction of sp³-hybridized carbons (Fsp3) is 0.143. The van der Waals surface area contributed by atoms with E-state index in [0.717, 1.165) is 21.5 Å². The molecule has 160 valence electrons. The van der Waals surface area contributed by atoms with E-state index in [-0.39, 0.29) is 23.5 Å². The van der Waals surface area contributed by atoms with Crippen molar-refractivity contribution in [3.05, 3.63) is 75.6 Å². The second-order valence-corrected chi connectivity index (χ2v) is 7.71. The lowest BCUT2D eigenvalue weighted by Crippen LogP contribution is -2.21. The van der Waals surface area contributed by atoms with Crippen LogP contribution in [0.1, 0.15) is 12.8 Å². The van der Waals surface area contributed by atoms with Gasteiger partial charge >= 0.3 is 0 Å². The fourth-order valence-corrected chi connectivity index (χ4v) is 3.43. The van der Waals surface area contributed by atoms with E-state index in [2.05, 4.69) is 41.4 Å². The Morgan fingerprint density at radius 3 is 2.62 bits per heavy atom. The van der Waals surface area contributed by atoms with Crippen molar-refractivity contribution in [2.45, 2.75) is 13.5 Å². The summed E-state index contributed by atoms with van der Waals surface area (Å²) in [5.74, 6) is 1.47. The van der Waals surface area contributed by atoms with E-state index < -0.39 is 0 Å². The minimum atomic E-state index is -0.351. The molecular weight excluding hydrogens is 478 g/mol. The van der Waals surface area contributed by atoms with Gasteiger partial charge in [0.25, 0.3) is 5.56 Å². The molecule has 5 rings (SSSR count). The lowest BCUT2D eigenvalue weighted by molar-refractivity contribution is 0.340. The third-order valence-corrected chi connectivity index (χ3v) is 5.23. The summed E-state index contributed by atoms with van der Waals surface area (Å²) in [5, 5.41) is 12.1. The highest BCUT2D eigenvalue weighted by atomic mass is 79.9. The van der Waals surface area contributed by atoms with Crippen LogP contribution in [0.5, 0.6) is 5.75 Å². The fourth-order valence-electron chi connectivity index (χ4n) is 3.16. The summed E-state index contributed by atoms with van der Waals surface area (Å²) in [4.78, 5) is 21.7. The molecule has 0 N–H and O–H groups in total. The highest BCUT2D eigenvalue weighted by molar-refractivity contribution is 9.10. The van der Waals surface area contributed by atoms with Crippen molar-refractivity contribution < 1.29 is 9.26 Å². The predicted octanol–water partition coefficient (Wildman–Crippen LogP) is 3.24. The van der Waals surface area contributed by atoms with Gasteiger partial charge in [-0.3, -0.25) is 9.36 Å². The van der Waals surface area contributed by atoms with E-state index in [9.17, 15) is 4.79 Å². The van der Waals surface area contributed by atoms with Crippen LogP contribution < -0.4 is 10.3 Å². The van der Waals surface area contributed by atoms with Crippen molar-refractivity contribution in [3.63, 3.8) is 0 Å². The smallest absolute Gasteiger partial charge is 0.284 e. The Morgan fingerprint density at radius 1 is 1.09 bits per heavy atom. The Kier molecular flexibility index (Phi) is 5.23. The van der Waals surface area contributed by atoms with Crippen LogP contribution in [0.2, 0.25) is 0 Å². The van der Waals surface area contributed by atoms with E-state index in [4.69, 9.17) is 9.26 Å². The second-order valence-electron chi connectivity index (χ2n) is 6.80. The van der Waals surface area contributed by atoms with Gasteiger partial charge < -0.3 is 9.26 Å². The van der Waals surface area contributed by atoms with Crippen LogP contribution in [0.4, 0.5) is 0 Å². The molecule has 0 spiro atoms. The average Bonchev–Trinajstić information content (AvgIpc) is 3.45. The number of hydrogen-bond acceptors (Lipinski definition) is 8. The molecule has 0 aliphatic heterocycles. The van der Waals surface area contributed by atoms with E-state index in [1.807, 2.05) is 55.5 Å². The van der Waals surface area contributed by atoms with Crippen LogP contribution in [-0.4, -0.2) is 41.3 Å². The first-order valence-electron chi connectivity index (χ1n) is 9.75. The van der Waals surface area contributed by atoms with Gasteiger partial charge in [0.1, 0.15) is 18.6 Å². The maximum atomic E-state index is 12.9. The average molecular weight is 494 g/mol. The van der Waals surface area contributed by atoms with Crippen LogP contribution in [0.25, 0.3) is 28.2 Å². The SMILES string of the molecule is CCOc1ccc(-n2nnc3c(=O)n(Cc4nc(-c5ccc(Br)cc5)no4)cnc32)cc1. The van der Waals surface area contributed by atoms with Crippen molar-refractivity contribution in [3.8, 4) is 22.8 Å². The summed E-state index contributed by atoms with van der Waals surface area (Å²) in [6.45, 7) is 2.57. The highest BCUT2D eigenvalue weighted by Crippen LogP contribution is 2.20. The Balaban J connectivity index is 1.42. The van der Waals surface area contributed by atoms with Crippen LogP contribution in [0.3, 0.4) is 0 Å². The topological polar surface area (TPSA) is 114 Å². The number of fused-ring (bicyclic) bond motifs is 1. The van der Waals surface area contributed by atoms with Gasteiger partial charge in [-0.2, -0.15) is 9.67 Å². The number of aromatic nitrogens is 7. The number of ether oxygens (including phenoxy) is 1. The molecule has 11 heteroatoms. The van der Waals surface area contributed by atoms with Crippen molar-refractivity contribution in [1.29, 1.82) is 0 Å². The minimum Gasteiger partial charge on any atom is -0.494 e. The lowest BCUT2D eigenvalue weighted by Gasteiger charge is -2.05. The van der Waals surface area contributed by atoms with Crippen LogP contribution >= 0.6 is 15.9 Å². The van der Waals surface area contributed by atoms with E-state index >= 15 is 0 Å². The molecule has 3 aromatic heterocycles. The molecule has 0 aliphatic rings. The zero-order valence-corrected chi connectivity index (χ0v) is 18.4. The van der Waals surface area contributed by atoms with Gasteiger partial charge in [-0.1, -0.05) is 26.3 Å². The maximum Gasteiger partial charge on any atom is 0.284 e. The maximum absolute atomic E-state index is 12.9. The molecule has 0 bridgehead atoms. The summed E-state index contributed by atoms with van der Waals surface area (Å²) >= 11 is 3.39. The quantitative estimate of drug-likeness (QED) is 0.354. The third kappa shape index (κ3) is 3.78. The molecule has 32 heavy (non-hydrogen) atoms. The van der Waals surface area contributed by atoms with Gasteiger partial charge in [-0.05, 0) is 55.5 Å². The minimum absolute atomic E-state index is 0.0706. The van der Waals surface area contributed by atoms with Gasteiger partial charge in [-0.15, -0.1) is 5.10 Å². The first kappa shape index (κ1) is 20.1. The Bertz CT molecular complexity index is 1440. The van der Waals surface area contributed by atoms with Crippen molar-refractivity contribution in [2.75, 3.05) is 6.61 Å². The lowest BCUT2D eigenvalue weighted by atomic mass is 10.2. The molecule has 0 atom stereocenters. The van der Waals surface area contributed by atoms with E-state index in [1.54, 1.807) is 0 Å². The van der Waals surface area contributed by atoms with Gasteiger partial charge in [0.15, 0.2) is 11.2 Å². The summed E-state index contributed by atoms with van der Waals surface area (Å²) in [6.07, 6.45) is 1.42. The molecule has 0 fully saturated rings. The van der Waals surface area contributed by atoms with Crippen molar-refractivity contribution in [2.24, 2.45) is 0 Å². The van der Waals surface area contributed by atoms with Crippen LogP contribution in [0.15, 0.2) is 68.6 Å². The van der Waals surface area contributed by atoms with Gasteiger partial charge in [-0.25, -0.2) is 4.98 Å². The second kappa shape index (κ2) is 8.35. The zero-order chi connectivity index (χ0) is 22.1. The van der Waals surface area contributed by atoms with Crippen molar-refractivity contribution in [1.82, 2.24) is 34.7 Å². The Hall–Kier alpha value is -3.86. The molecule has 0 radical (unpaired) electrons. The molecule has 10 nitrogen and oxygen atoms in total. The largest absolute Gasteiger partial charge is 0.494 e. The standard InChI is InChI=1S/C21H16BrN7O3/c1-2-31-16-9-7-15(8-10-16)29-20-18(25-27-29)21(30)28(12-23-20)11-17-24-19(26-32-17)13-3-5-14(22)6-4-13/h3-10,12H,2,11H2,1H3. The number of benzene rings is 2. The van der Waals surface area contributed by atoms with Gasteiger partial charge in [0.05, 0.1) is 12.3 Å². The first-order chi connectivity index (χ1) is 15.6. The van der Waals surface area contributed by atoms with Crippen LogP contribution in [-0.2, 0) is 6.54 Å². The summed E-state index contributed by atoms with van der Waals surface area (Å²) < 4.78 is 14.6. The molecular formula is C21H16BrN7O3. The zero-order valence-electron chi connectivity index (χ0n) is 16.8. The van der Waals surface area contributed by atoms with Gasteiger partial charge in [0.2, 0.25) is 11.7 Å². The summed E-state index contributed by atoms with van der Waals surface area (Å²) in [5.41, 5.74) is 1.68. The molecule has 0 saturated heterocycles. The summed E-state index contributed by atoms with van der Waals surface area (Å²) in [6, 6.07) is 14.8. The van der Waals surface area contributed by atoms with Crippen molar-refractivity contribution >= 4 is 27.1 Å². The molecule has 0 amide bonds. The molecule has 0 unspecified atom stereocenters. The first-order valence-corrected chi connectivity index (χ1v) is 10.5. The number of hydrogen-bond donors (Lipinski definition) is 0. The normalized spacial score (nSPS) is 11.2. The number of rotatable bonds is 6. The predicted molar refractivity (Wildman–Crippen MR) is 119 cm³/mol. The summed E-state index contributed by atoms with van der Waals surface area (Å²) in [7, 11) is 0. The van der Waals surface area contributed by atoms with E-state index in [0.29, 0.717) is 18.1 Å². The Labute approximate surface area is 189 Å². The monoisotopic (exact) mass is 493 g/mol.